The molecule has 0 spiro atoms. The molecule has 0 amide bonds. The van der Waals surface area contributed by atoms with Crippen molar-refractivity contribution in [2.45, 2.75) is 40.5 Å². The molecule has 0 fully saturated rings. The van der Waals surface area contributed by atoms with Gasteiger partial charge in [-0.05, 0) is 25.8 Å². The molecule has 0 unspecified atom stereocenters. The third-order valence-corrected chi connectivity index (χ3v) is 3.06. The third kappa shape index (κ3) is 4.20. The number of carboxylic acid groups (broad SMARTS) is 1. The first-order valence-corrected chi connectivity index (χ1v) is 5.80. The van der Waals surface area contributed by atoms with E-state index in [4.69, 9.17) is 0 Å². The average Bonchev–Trinajstić information content (AvgIpc) is 2.12. The van der Waals surface area contributed by atoms with E-state index in [0.717, 1.165) is 6.54 Å². The van der Waals surface area contributed by atoms with Gasteiger partial charge in [-0.1, -0.05) is 27.7 Å². The first-order chi connectivity index (χ1) is 6.88. The summed E-state index contributed by atoms with van der Waals surface area (Å²) in [5.74, 6) is -0.0849. The van der Waals surface area contributed by atoms with Crippen molar-refractivity contribution in [3.8, 4) is 0 Å². The summed E-state index contributed by atoms with van der Waals surface area (Å²) in [6, 6.07) is 0. The molecule has 90 valence electrons. The molecule has 0 aromatic heterocycles. The van der Waals surface area contributed by atoms with Gasteiger partial charge in [0.05, 0.1) is 5.41 Å². The van der Waals surface area contributed by atoms with Crippen molar-refractivity contribution in [3.63, 3.8) is 0 Å². The Labute approximate surface area is 93.5 Å². The molecular weight excluding hydrogens is 190 g/mol. The summed E-state index contributed by atoms with van der Waals surface area (Å²) in [6.45, 7) is 9.82. The quantitative estimate of drug-likeness (QED) is 0.709. The molecule has 0 aromatic rings. The maximum atomic E-state index is 11.3. The summed E-state index contributed by atoms with van der Waals surface area (Å²) in [6.07, 6.45) is 1.39. The summed E-state index contributed by atoms with van der Waals surface area (Å²) >= 11 is 0. The minimum Gasteiger partial charge on any atom is -0.481 e. The molecule has 0 heterocycles. The zero-order valence-corrected chi connectivity index (χ0v) is 10.7. The first kappa shape index (κ1) is 14.4. The van der Waals surface area contributed by atoms with Crippen molar-refractivity contribution in [2.24, 2.45) is 11.3 Å². The van der Waals surface area contributed by atoms with Crippen molar-refractivity contribution in [1.82, 2.24) is 4.90 Å². The van der Waals surface area contributed by atoms with Crippen LogP contribution in [0.1, 0.15) is 40.5 Å². The SMILES string of the molecule is CCC(CC)(CN(C)CC(C)C)C(=O)O. The van der Waals surface area contributed by atoms with Crippen LogP contribution in [0.25, 0.3) is 0 Å². The predicted molar refractivity (Wildman–Crippen MR) is 63.0 cm³/mol. The van der Waals surface area contributed by atoms with Crippen LogP contribution in [0.2, 0.25) is 0 Å². The summed E-state index contributed by atoms with van der Waals surface area (Å²) < 4.78 is 0. The Kier molecular flexibility index (Phi) is 5.88. The molecule has 0 radical (unpaired) electrons. The molecule has 0 rings (SSSR count). The topological polar surface area (TPSA) is 40.5 Å². The number of rotatable bonds is 7. The highest BCUT2D eigenvalue weighted by molar-refractivity contribution is 5.74. The molecule has 3 heteroatoms. The third-order valence-electron chi connectivity index (χ3n) is 3.06. The fourth-order valence-electron chi connectivity index (χ4n) is 2.05. The lowest BCUT2D eigenvalue weighted by atomic mass is 9.82. The Morgan fingerprint density at radius 3 is 2.07 bits per heavy atom. The van der Waals surface area contributed by atoms with Crippen LogP contribution < -0.4 is 0 Å². The maximum absolute atomic E-state index is 11.3. The van der Waals surface area contributed by atoms with Gasteiger partial charge in [-0.3, -0.25) is 4.79 Å². The lowest BCUT2D eigenvalue weighted by Gasteiger charge is -2.32. The van der Waals surface area contributed by atoms with Gasteiger partial charge < -0.3 is 10.0 Å². The Hall–Kier alpha value is -0.570. The summed E-state index contributed by atoms with van der Waals surface area (Å²) in [7, 11) is 2.00. The normalized spacial score (nSPS) is 12.5. The zero-order chi connectivity index (χ0) is 12.1. The Balaban J connectivity index is 4.47. The lowest BCUT2D eigenvalue weighted by Crippen LogP contribution is -2.42. The van der Waals surface area contributed by atoms with E-state index in [2.05, 4.69) is 18.7 Å². The number of nitrogens with zero attached hydrogens (tertiary/aromatic N) is 1. The fraction of sp³-hybridized carbons (Fsp3) is 0.917. The van der Waals surface area contributed by atoms with Crippen LogP contribution in [-0.2, 0) is 4.79 Å². The molecule has 0 saturated heterocycles. The molecule has 0 aromatic carbocycles. The molecule has 0 bridgehead atoms. The standard InChI is InChI=1S/C12H25NO2/c1-6-12(7-2,11(14)15)9-13(5)8-10(3)4/h10H,6-9H2,1-5H3,(H,14,15). The number of aliphatic carboxylic acids is 1. The second-order valence-electron chi connectivity index (χ2n) is 4.88. The van der Waals surface area contributed by atoms with E-state index in [9.17, 15) is 9.90 Å². The molecule has 1 N–H and O–H groups in total. The number of carboxylic acids is 1. The minimum absolute atomic E-state index is 0.566. The van der Waals surface area contributed by atoms with Gasteiger partial charge >= 0.3 is 5.97 Å². The van der Waals surface area contributed by atoms with Gasteiger partial charge in [-0.15, -0.1) is 0 Å². The van der Waals surface area contributed by atoms with Crippen molar-refractivity contribution >= 4 is 5.97 Å². The molecule has 15 heavy (non-hydrogen) atoms. The van der Waals surface area contributed by atoms with Crippen LogP contribution in [-0.4, -0.2) is 36.1 Å². The summed E-state index contributed by atoms with van der Waals surface area (Å²) in [5.41, 5.74) is -0.566. The van der Waals surface area contributed by atoms with E-state index in [1.165, 1.54) is 0 Å². The maximum Gasteiger partial charge on any atom is 0.310 e. The smallest absolute Gasteiger partial charge is 0.310 e. The average molecular weight is 215 g/mol. The molecule has 0 aliphatic carbocycles. The van der Waals surface area contributed by atoms with Gasteiger partial charge in [0.1, 0.15) is 0 Å². The van der Waals surface area contributed by atoms with Gasteiger partial charge in [-0.2, -0.15) is 0 Å². The van der Waals surface area contributed by atoms with Crippen LogP contribution >= 0.6 is 0 Å². The van der Waals surface area contributed by atoms with Crippen molar-refractivity contribution in [2.75, 3.05) is 20.1 Å². The molecular formula is C12H25NO2. The van der Waals surface area contributed by atoms with Gasteiger partial charge in [0.2, 0.25) is 0 Å². The van der Waals surface area contributed by atoms with Crippen LogP contribution in [0, 0.1) is 11.3 Å². The highest BCUT2D eigenvalue weighted by Crippen LogP contribution is 2.27. The predicted octanol–water partition coefficient (Wildman–Crippen LogP) is 2.47. The highest BCUT2D eigenvalue weighted by Gasteiger charge is 2.35. The van der Waals surface area contributed by atoms with Crippen molar-refractivity contribution in [3.05, 3.63) is 0 Å². The Morgan fingerprint density at radius 1 is 1.33 bits per heavy atom. The van der Waals surface area contributed by atoms with E-state index in [1.54, 1.807) is 0 Å². The van der Waals surface area contributed by atoms with Crippen molar-refractivity contribution < 1.29 is 9.90 Å². The molecule has 0 saturated carbocycles. The number of hydrogen-bond acceptors (Lipinski definition) is 2. The van der Waals surface area contributed by atoms with Crippen LogP contribution in [0.4, 0.5) is 0 Å². The highest BCUT2D eigenvalue weighted by atomic mass is 16.4. The molecule has 0 atom stereocenters. The van der Waals surface area contributed by atoms with Crippen LogP contribution in [0.3, 0.4) is 0 Å². The second-order valence-corrected chi connectivity index (χ2v) is 4.88. The molecule has 3 nitrogen and oxygen atoms in total. The number of carbonyl (C=O) groups is 1. The molecule has 0 aliphatic rings. The number of hydrogen-bond donors (Lipinski definition) is 1. The monoisotopic (exact) mass is 215 g/mol. The van der Waals surface area contributed by atoms with Gasteiger partial charge in [-0.25, -0.2) is 0 Å². The van der Waals surface area contributed by atoms with E-state index in [-0.39, 0.29) is 0 Å². The van der Waals surface area contributed by atoms with E-state index in [1.807, 2.05) is 20.9 Å². The second kappa shape index (κ2) is 6.11. The van der Waals surface area contributed by atoms with E-state index >= 15 is 0 Å². The van der Waals surface area contributed by atoms with Gasteiger partial charge in [0.15, 0.2) is 0 Å². The lowest BCUT2D eigenvalue weighted by molar-refractivity contribution is -0.150. The largest absolute Gasteiger partial charge is 0.481 e. The first-order valence-electron chi connectivity index (χ1n) is 5.80. The molecule has 0 aliphatic heterocycles. The summed E-state index contributed by atoms with van der Waals surface area (Å²) in [5, 5.41) is 9.28. The van der Waals surface area contributed by atoms with E-state index in [0.29, 0.717) is 25.3 Å². The van der Waals surface area contributed by atoms with Crippen LogP contribution in [0.15, 0.2) is 0 Å². The van der Waals surface area contributed by atoms with Gasteiger partial charge in [0.25, 0.3) is 0 Å². The Bertz CT molecular complexity index is 198. The van der Waals surface area contributed by atoms with E-state index < -0.39 is 11.4 Å². The van der Waals surface area contributed by atoms with Crippen LogP contribution in [0.5, 0.6) is 0 Å². The minimum atomic E-state index is -0.664. The van der Waals surface area contributed by atoms with Crippen molar-refractivity contribution in [1.29, 1.82) is 0 Å². The fourth-order valence-corrected chi connectivity index (χ4v) is 2.05. The Morgan fingerprint density at radius 2 is 1.80 bits per heavy atom. The van der Waals surface area contributed by atoms with Gasteiger partial charge in [0, 0.05) is 13.1 Å². The zero-order valence-electron chi connectivity index (χ0n) is 10.7. The summed E-state index contributed by atoms with van der Waals surface area (Å²) in [4.78, 5) is 13.4.